The molecule has 0 unspecified atom stereocenters. The van der Waals surface area contributed by atoms with Crippen LogP contribution in [-0.4, -0.2) is 35.5 Å². The normalized spacial score (nSPS) is 24.5. The fourth-order valence-electron chi connectivity index (χ4n) is 2.65. The van der Waals surface area contributed by atoms with Crippen molar-refractivity contribution in [3.05, 3.63) is 23.3 Å². The van der Waals surface area contributed by atoms with Crippen LogP contribution in [0.15, 0.2) is 6.07 Å². The number of hydrogen-bond donors (Lipinski definition) is 0. The van der Waals surface area contributed by atoms with E-state index in [1.54, 1.807) is 6.92 Å². The third-order valence-electron chi connectivity index (χ3n) is 3.60. The van der Waals surface area contributed by atoms with E-state index in [1.807, 2.05) is 0 Å². The van der Waals surface area contributed by atoms with Gasteiger partial charge in [0, 0.05) is 12.2 Å². The van der Waals surface area contributed by atoms with Crippen LogP contribution in [0.25, 0.3) is 0 Å². The lowest BCUT2D eigenvalue weighted by atomic mass is 9.99. The molecule has 2 rings (SSSR count). The first-order chi connectivity index (χ1) is 9.44. The lowest BCUT2D eigenvalue weighted by molar-refractivity contribution is -0.141. The first-order valence-electron chi connectivity index (χ1n) is 6.36. The summed E-state index contributed by atoms with van der Waals surface area (Å²) < 4.78 is 63.5. The van der Waals surface area contributed by atoms with E-state index in [1.165, 1.54) is 11.2 Å². The van der Waals surface area contributed by atoms with Crippen molar-refractivity contribution in [2.24, 2.45) is 0 Å². The highest BCUT2D eigenvalue weighted by Gasteiger charge is 2.46. The number of nitrogens with zero attached hydrogens (tertiary/aromatic N) is 3. The molecule has 1 aliphatic heterocycles. The Kier molecular flexibility index (Phi) is 3.78. The lowest BCUT2D eigenvalue weighted by Crippen LogP contribution is -2.43. The number of alkyl halides is 3. The van der Waals surface area contributed by atoms with Crippen LogP contribution in [0.5, 0.6) is 0 Å². The standard InChI is InChI=1S/C12H16F3N3O2S/c1-8-7-9(12(13,14)15)17-10(16-8)11(2)5-4-6-18(11)21(3,19)20/h7H,4-6H2,1-3H3/t11-/m0/s1. The molecule has 0 bridgehead atoms. The molecule has 0 amide bonds. The summed E-state index contributed by atoms with van der Waals surface area (Å²) in [6.45, 7) is 3.26. The highest BCUT2D eigenvalue weighted by molar-refractivity contribution is 7.88. The Bertz CT molecular complexity index is 660. The van der Waals surface area contributed by atoms with E-state index in [0.717, 1.165) is 12.3 Å². The molecule has 1 aromatic heterocycles. The Hall–Kier alpha value is -1.22. The van der Waals surface area contributed by atoms with Gasteiger partial charge in [-0.3, -0.25) is 0 Å². The second kappa shape index (κ2) is 4.91. The molecule has 118 valence electrons. The van der Waals surface area contributed by atoms with Crippen LogP contribution >= 0.6 is 0 Å². The van der Waals surface area contributed by atoms with E-state index in [0.29, 0.717) is 12.8 Å². The van der Waals surface area contributed by atoms with Gasteiger partial charge < -0.3 is 0 Å². The van der Waals surface area contributed by atoms with E-state index in [9.17, 15) is 21.6 Å². The monoisotopic (exact) mass is 323 g/mol. The van der Waals surface area contributed by atoms with Gasteiger partial charge in [0.2, 0.25) is 10.0 Å². The van der Waals surface area contributed by atoms with Gasteiger partial charge in [-0.25, -0.2) is 18.4 Å². The second-order valence-corrected chi connectivity index (χ2v) is 7.34. The Morgan fingerprint density at radius 1 is 1.33 bits per heavy atom. The summed E-state index contributed by atoms with van der Waals surface area (Å²) in [5.41, 5.74) is -2.03. The Labute approximate surface area is 121 Å². The maximum Gasteiger partial charge on any atom is 0.433 e. The third kappa shape index (κ3) is 3.03. The summed E-state index contributed by atoms with van der Waals surface area (Å²) in [4.78, 5) is 7.63. The van der Waals surface area contributed by atoms with Gasteiger partial charge in [0.1, 0.15) is 11.5 Å². The molecule has 0 saturated carbocycles. The quantitative estimate of drug-likeness (QED) is 0.836. The number of halogens is 3. The molecular formula is C12H16F3N3O2S. The van der Waals surface area contributed by atoms with E-state index in [-0.39, 0.29) is 18.1 Å². The van der Waals surface area contributed by atoms with Gasteiger partial charge >= 0.3 is 6.18 Å². The average molecular weight is 323 g/mol. The van der Waals surface area contributed by atoms with Crippen LogP contribution in [-0.2, 0) is 21.7 Å². The predicted octanol–water partition coefficient (Wildman–Crippen LogP) is 2.07. The number of hydrogen-bond acceptors (Lipinski definition) is 4. The summed E-state index contributed by atoms with van der Waals surface area (Å²) in [6.07, 6.45) is -2.60. The molecule has 1 saturated heterocycles. The minimum Gasteiger partial charge on any atom is -0.236 e. The Morgan fingerprint density at radius 2 is 1.95 bits per heavy atom. The zero-order valence-electron chi connectivity index (χ0n) is 11.9. The number of aryl methyl sites for hydroxylation is 1. The first-order valence-corrected chi connectivity index (χ1v) is 8.20. The maximum atomic E-state index is 12.9. The number of sulfonamides is 1. The van der Waals surface area contributed by atoms with Crippen molar-refractivity contribution < 1.29 is 21.6 Å². The molecule has 0 N–H and O–H groups in total. The van der Waals surface area contributed by atoms with E-state index in [4.69, 9.17) is 0 Å². The van der Waals surface area contributed by atoms with Crippen LogP contribution in [0.4, 0.5) is 13.2 Å². The van der Waals surface area contributed by atoms with Crippen LogP contribution < -0.4 is 0 Å². The number of rotatable bonds is 2. The van der Waals surface area contributed by atoms with Crippen molar-refractivity contribution >= 4 is 10.0 Å². The van der Waals surface area contributed by atoms with Gasteiger partial charge in [-0.15, -0.1) is 0 Å². The molecule has 1 aromatic rings. The molecule has 5 nitrogen and oxygen atoms in total. The van der Waals surface area contributed by atoms with Gasteiger partial charge in [-0.05, 0) is 32.8 Å². The Balaban J connectivity index is 2.58. The molecule has 9 heteroatoms. The lowest BCUT2D eigenvalue weighted by Gasteiger charge is -2.32. The van der Waals surface area contributed by atoms with Crippen LogP contribution in [0.2, 0.25) is 0 Å². The molecule has 1 fully saturated rings. The second-order valence-electron chi connectivity index (χ2n) is 5.43. The summed E-state index contributed by atoms with van der Waals surface area (Å²) in [6, 6.07) is 0.854. The van der Waals surface area contributed by atoms with Crippen LogP contribution in [0, 0.1) is 6.92 Å². The summed E-state index contributed by atoms with van der Waals surface area (Å²) in [5.74, 6) is -0.0993. The minimum absolute atomic E-state index is 0.0993. The summed E-state index contributed by atoms with van der Waals surface area (Å²) >= 11 is 0. The van der Waals surface area contributed by atoms with Crippen molar-refractivity contribution in [3.63, 3.8) is 0 Å². The molecular weight excluding hydrogens is 307 g/mol. The van der Waals surface area contributed by atoms with Gasteiger partial charge in [0.15, 0.2) is 0 Å². The molecule has 1 atom stereocenters. The third-order valence-corrected chi connectivity index (χ3v) is 4.99. The average Bonchev–Trinajstić information content (AvgIpc) is 2.70. The first kappa shape index (κ1) is 16.2. The van der Waals surface area contributed by atoms with Crippen molar-refractivity contribution in [3.8, 4) is 0 Å². The van der Waals surface area contributed by atoms with Gasteiger partial charge in [0.25, 0.3) is 0 Å². The summed E-state index contributed by atoms with van der Waals surface area (Å²) in [7, 11) is -3.55. The highest BCUT2D eigenvalue weighted by atomic mass is 32.2. The fourth-order valence-corrected chi connectivity index (χ4v) is 4.01. The van der Waals surface area contributed by atoms with E-state index < -0.39 is 27.4 Å². The predicted molar refractivity (Wildman–Crippen MR) is 69.9 cm³/mol. The van der Waals surface area contributed by atoms with Crippen molar-refractivity contribution in [2.75, 3.05) is 12.8 Å². The maximum absolute atomic E-state index is 12.9. The molecule has 0 aromatic carbocycles. The van der Waals surface area contributed by atoms with Crippen LogP contribution in [0.1, 0.15) is 37.0 Å². The van der Waals surface area contributed by atoms with Crippen molar-refractivity contribution in [2.45, 2.75) is 38.4 Å². The summed E-state index contributed by atoms with van der Waals surface area (Å²) in [5, 5.41) is 0. The van der Waals surface area contributed by atoms with E-state index in [2.05, 4.69) is 9.97 Å². The van der Waals surface area contributed by atoms with Gasteiger partial charge in [-0.2, -0.15) is 17.5 Å². The minimum atomic E-state index is -4.59. The SMILES string of the molecule is Cc1cc(C(F)(F)F)nc([C@]2(C)CCCN2S(C)(=O)=O)n1. The van der Waals surface area contributed by atoms with E-state index >= 15 is 0 Å². The van der Waals surface area contributed by atoms with Gasteiger partial charge in [0.05, 0.1) is 11.8 Å². The fraction of sp³-hybridized carbons (Fsp3) is 0.667. The molecule has 0 aliphatic carbocycles. The number of aromatic nitrogens is 2. The zero-order chi connectivity index (χ0) is 16.1. The zero-order valence-corrected chi connectivity index (χ0v) is 12.7. The van der Waals surface area contributed by atoms with Crippen molar-refractivity contribution in [1.29, 1.82) is 0 Å². The highest BCUT2D eigenvalue weighted by Crippen LogP contribution is 2.39. The molecule has 0 spiro atoms. The molecule has 0 radical (unpaired) electrons. The molecule has 2 heterocycles. The molecule has 21 heavy (non-hydrogen) atoms. The van der Waals surface area contributed by atoms with Gasteiger partial charge in [-0.1, -0.05) is 0 Å². The smallest absolute Gasteiger partial charge is 0.236 e. The molecule has 1 aliphatic rings. The Morgan fingerprint density at radius 3 is 2.48 bits per heavy atom. The van der Waals surface area contributed by atoms with Crippen LogP contribution in [0.3, 0.4) is 0 Å². The largest absolute Gasteiger partial charge is 0.433 e. The van der Waals surface area contributed by atoms with Crippen molar-refractivity contribution in [1.82, 2.24) is 14.3 Å². The topological polar surface area (TPSA) is 63.2 Å².